The van der Waals surface area contributed by atoms with Crippen molar-refractivity contribution in [2.75, 3.05) is 6.54 Å². The quantitative estimate of drug-likeness (QED) is 0.804. The molecule has 1 aromatic heterocycles. The molecule has 0 saturated heterocycles. The second kappa shape index (κ2) is 6.33. The zero-order valence-electron chi connectivity index (χ0n) is 9.37. The van der Waals surface area contributed by atoms with E-state index in [-0.39, 0.29) is 11.1 Å². The Kier molecular flexibility index (Phi) is 5.05. The minimum Gasteiger partial charge on any atom is -0.478 e. The molecule has 4 nitrogen and oxygen atoms in total. The standard InChI is InChI=1S/C11H15ClN2O2/c1-3-6-14-11(15)8(2)16-9-5-4-7-13-10(9)12/h4-5,7-8H,3,6H2,1-2H3,(H,14,15). The van der Waals surface area contributed by atoms with Gasteiger partial charge in [0.05, 0.1) is 0 Å². The van der Waals surface area contributed by atoms with E-state index in [1.165, 1.54) is 0 Å². The average Bonchev–Trinajstić information content (AvgIpc) is 2.28. The maximum absolute atomic E-state index is 11.5. The summed E-state index contributed by atoms with van der Waals surface area (Å²) in [6.07, 6.45) is 1.89. The van der Waals surface area contributed by atoms with E-state index in [9.17, 15) is 4.79 Å². The van der Waals surface area contributed by atoms with Crippen LogP contribution in [0.4, 0.5) is 0 Å². The highest BCUT2D eigenvalue weighted by atomic mass is 35.5. The first-order chi connectivity index (χ1) is 7.65. The smallest absolute Gasteiger partial charge is 0.260 e. The number of amides is 1. The number of aromatic nitrogens is 1. The van der Waals surface area contributed by atoms with Gasteiger partial charge in [0.15, 0.2) is 17.0 Å². The van der Waals surface area contributed by atoms with Crippen molar-refractivity contribution in [2.24, 2.45) is 0 Å². The molecule has 88 valence electrons. The highest BCUT2D eigenvalue weighted by molar-refractivity contribution is 6.30. The van der Waals surface area contributed by atoms with Crippen molar-refractivity contribution in [3.05, 3.63) is 23.5 Å². The van der Waals surface area contributed by atoms with Gasteiger partial charge in [0.25, 0.3) is 5.91 Å². The van der Waals surface area contributed by atoms with Gasteiger partial charge in [0, 0.05) is 12.7 Å². The molecule has 1 atom stereocenters. The summed E-state index contributed by atoms with van der Waals surface area (Å²) in [5.41, 5.74) is 0. The largest absolute Gasteiger partial charge is 0.478 e. The number of hydrogen-bond acceptors (Lipinski definition) is 3. The Labute approximate surface area is 100.0 Å². The summed E-state index contributed by atoms with van der Waals surface area (Å²) in [7, 11) is 0. The Bertz CT molecular complexity index is 358. The number of nitrogens with zero attached hydrogens (tertiary/aromatic N) is 1. The molecular weight excluding hydrogens is 228 g/mol. The van der Waals surface area contributed by atoms with E-state index >= 15 is 0 Å². The molecule has 0 saturated carbocycles. The Morgan fingerprint density at radius 3 is 3.06 bits per heavy atom. The SMILES string of the molecule is CCCNC(=O)C(C)Oc1cccnc1Cl. The second-order valence-electron chi connectivity index (χ2n) is 3.34. The topological polar surface area (TPSA) is 51.2 Å². The minimum absolute atomic E-state index is 0.151. The molecule has 0 aliphatic heterocycles. The van der Waals surface area contributed by atoms with Crippen molar-refractivity contribution in [3.8, 4) is 5.75 Å². The monoisotopic (exact) mass is 242 g/mol. The van der Waals surface area contributed by atoms with Crippen LogP contribution in [0.5, 0.6) is 5.75 Å². The van der Waals surface area contributed by atoms with E-state index < -0.39 is 6.10 Å². The van der Waals surface area contributed by atoms with Crippen molar-refractivity contribution in [2.45, 2.75) is 26.4 Å². The number of carbonyl (C=O) groups excluding carboxylic acids is 1. The second-order valence-corrected chi connectivity index (χ2v) is 3.70. The Morgan fingerprint density at radius 2 is 2.44 bits per heavy atom. The molecule has 0 fully saturated rings. The Hall–Kier alpha value is -1.29. The van der Waals surface area contributed by atoms with E-state index in [2.05, 4.69) is 10.3 Å². The van der Waals surface area contributed by atoms with Gasteiger partial charge >= 0.3 is 0 Å². The van der Waals surface area contributed by atoms with E-state index in [0.29, 0.717) is 12.3 Å². The molecule has 1 amide bonds. The number of carbonyl (C=O) groups is 1. The lowest BCUT2D eigenvalue weighted by atomic mass is 10.3. The van der Waals surface area contributed by atoms with E-state index in [0.717, 1.165) is 6.42 Å². The van der Waals surface area contributed by atoms with E-state index in [1.54, 1.807) is 25.3 Å². The van der Waals surface area contributed by atoms with Crippen molar-refractivity contribution in [1.82, 2.24) is 10.3 Å². The van der Waals surface area contributed by atoms with Gasteiger partial charge < -0.3 is 10.1 Å². The van der Waals surface area contributed by atoms with Crippen molar-refractivity contribution in [3.63, 3.8) is 0 Å². The third-order valence-electron chi connectivity index (χ3n) is 1.95. The summed E-state index contributed by atoms with van der Waals surface area (Å²) in [5, 5.41) is 3.01. The summed E-state index contributed by atoms with van der Waals surface area (Å²) in [6.45, 7) is 4.31. The Morgan fingerprint density at radius 1 is 1.69 bits per heavy atom. The molecule has 0 aliphatic carbocycles. The van der Waals surface area contributed by atoms with Crippen molar-refractivity contribution < 1.29 is 9.53 Å². The fraction of sp³-hybridized carbons (Fsp3) is 0.455. The van der Waals surface area contributed by atoms with Gasteiger partial charge in [0.2, 0.25) is 0 Å². The van der Waals surface area contributed by atoms with E-state index in [4.69, 9.17) is 16.3 Å². The lowest BCUT2D eigenvalue weighted by molar-refractivity contribution is -0.127. The number of halogens is 1. The van der Waals surface area contributed by atoms with Crippen LogP contribution >= 0.6 is 11.6 Å². The van der Waals surface area contributed by atoms with Crippen LogP contribution in [-0.4, -0.2) is 23.5 Å². The fourth-order valence-corrected chi connectivity index (χ4v) is 1.26. The lowest BCUT2D eigenvalue weighted by Crippen LogP contribution is -2.36. The van der Waals surface area contributed by atoms with Crippen LogP contribution in [0.1, 0.15) is 20.3 Å². The summed E-state index contributed by atoms with van der Waals surface area (Å²) < 4.78 is 5.40. The van der Waals surface area contributed by atoms with Crippen molar-refractivity contribution in [1.29, 1.82) is 0 Å². The van der Waals surface area contributed by atoms with Crippen LogP contribution in [0.15, 0.2) is 18.3 Å². The predicted molar refractivity (Wildman–Crippen MR) is 62.6 cm³/mol. The van der Waals surface area contributed by atoms with Gasteiger partial charge in [0.1, 0.15) is 0 Å². The zero-order valence-corrected chi connectivity index (χ0v) is 10.1. The first-order valence-corrected chi connectivity index (χ1v) is 5.57. The average molecular weight is 243 g/mol. The normalized spacial score (nSPS) is 11.9. The van der Waals surface area contributed by atoms with Gasteiger partial charge in [-0.25, -0.2) is 4.98 Å². The summed E-state index contributed by atoms with van der Waals surface area (Å²) >= 11 is 5.81. The molecule has 0 aliphatic rings. The van der Waals surface area contributed by atoms with Gasteiger partial charge in [-0.2, -0.15) is 0 Å². The third kappa shape index (κ3) is 3.70. The highest BCUT2D eigenvalue weighted by Crippen LogP contribution is 2.21. The highest BCUT2D eigenvalue weighted by Gasteiger charge is 2.15. The van der Waals surface area contributed by atoms with Gasteiger partial charge in [-0.3, -0.25) is 4.79 Å². The van der Waals surface area contributed by atoms with E-state index in [1.807, 2.05) is 6.92 Å². The zero-order chi connectivity index (χ0) is 12.0. The van der Waals surface area contributed by atoms with Gasteiger partial charge in [-0.05, 0) is 25.5 Å². The number of pyridine rings is 1. The maximum Gasteiger partial charge on any atom is 0.260 e. The molecule has 0 radical (unpaired) electrons. The number of ether oxygens (including phenoxy) is 1. The molecule has 1 heterocycles. The Balaban J connectivity index is 2.54. The molecular formula is C11H15ClN2O2. The summed E-state index contributed by atoms with van der Waals surface area (Å²) in [6, 6.07) is 3.39. The first-order valence-electron chi connectivity index (χ1n) is 5.20. The lowest BCUT2D eigenvalue weighted by Gasteiger charge is -2.14. The van der Waals surface area contributed by atoms with Crippen LogP contribution in [0, 0.1) is 0 Å². The molecule has 0 aromatic carbocycles. The predicted octanol–water partition coefficient (Wildman–Crippen LogP) is 2.03. The molecule has 1 N–H and O–H groups in total. The molecule has 0 spiro atoms. The van der Waals surface area contributed by atoms with Crippen LogP contribution in [0.2, 0.25) is 5.15 Å². The number of rotatable bonds is 5. The molecule has 5 heteroatoms. The van der Waals surface area contributed by atoms with Crippen LogP contribution in [0.25, 0.3) is 0 Å². The maximum atomic E-state index is 11.5. The van der Waals surface area contributed by atoms with Crippen molar-refractivity contribution >= 4 is 17.5 Å². The molecule has 1 rings (SSSR count). The molecule has 1 unspecified atom stereocenters. The van der Waals surface area contributed by atoms with Crippen LogP contribution in [0.3, 0.4) is 0 Å². The molecule has 16 heavy (non-hydrogen) atoms. The van der Waals surface area contributed by atoms with Gasteiger partial charge in [-0.15, -0.1) is 0 Å². The fourth-order valence-electron chi connectivity index (χ4n) is 1.10. The molecule has 0 bridgehead atoms. The number of hydrogen-bond donors (Lipinski definition) is 1. The van der Waals surface area contributed by atoms with Gasteiger partial charge in [-0.1, -0.05) is 18.5 Å². The summed E-state index contributed by atoms with van der Waals surface area (Å²) in [5.74, 6) is 0.269. The van der Waals surface area contributed by atoms with Crippen LogP contribution in [-0.2, 0) is 4.79 Å². The number of nitrogens with one attached hydrogen (secondary N) is 1. The minimum atomic E-state index is -0.576. The first kappa shape index (κ1) is 12.8. The van der Waals surface area contributed by atoms with Crippen LogP contribution < -0.4 is 10.1 Å². The summed E-state index contributed by atoms with van der Waals surface area (Å²) in [4.78, 5) is 15.4. The third-order valence-corrected chi connectivity index (χ3v) is 2.23. The molecule has 1 aromatic rings.